The molecule has 3 rings (SSSR count). The minimum atomic E-state index is -0.752. The predicted molar refractivity (Wildman–Crippen MR) is 93.8 cm³/mol. The third-order valence-corrected chi connectivity index (χ3v) is 3.81. The number of carbonyl (C=O) groups is 1. The summed E-state index contributed by atoms with van der Waals surface area (Å²) in [5.41, 5.74) is 0.805. The van der Waals surface area contributed by atoms with Gasteiger partial charge in [0.1, 0.15) is 5.75 Å². The zero-order valence-electron chi connectivity index (χ0n) is 13.4. The Morgan fingerprint density at radius 2 is 1.84 bits per heavy atom. The van der Waals surface area contributed by atoms with Gasteiger partial charge in [0.15, 0.2) is 12.7 Å². The number of aromatic nitrogens is 2. The van der Waals surface area contributed by atoms with Gasteiger partial charge in [-0.05, 0) is 43.3 Å². The molecule has 1 unspecified atom stereocenters. The molecular formula is C18H15BrN2O4. The van der Waals surface area contributed by atoms with Gasteiger partial charge in [0.05, 0.1) is 0 Å². The van der Waals surface area contributed by atoms with Crippen molar-refractivity contribution in [2.45, 2.75) is 19.6 Å². The van der Waals surface area contributed by atoms with E-state index < -0.39 is 12.1 Å². The SMILES string of the molecule is CC(Oc1ccc(Br)cc1)C(=O)OCc1nnc(-c2ccccc2)o1. The van der Waals surface area contributed by atoms with Crippen LogP contribution in [0.5, 0.6) is 5.75 Å². The van der Waals surface area contributed by atoms with Gasteiger partial charge in [-0.15, -0.1) is 10.2 Å². The number of ether oxygens (including phenoxy) is 2. The molecule has 0 saturated carbocycles. The molecule has 0 aliphatic rings. The van der Waals surface area contributed by atoms with E-state index in [0.717, 1.165) is 10.0 Å². The average Bonchev–Trinajstić information content (AvgIpc) is 3.11. The van der Waals surface area contributed by atoms with Crippen LogP contribution in [-0.2, 0) is 16.1 Å². The second kappa shape index (κ2) is 7.94. The molecule has 0 spiro atoms. The van der Waals surface area contributed by atoms with E-state index in [9.17, 15) is 4.79 Å². The van der Waals surface area contributed by atoms with Crippen molar-refractivity contribution in [1.82, 2.24) is 10.2 Å². The Labute approximate surface area is 152 Å². The third kappa shape index (κ3) is 4.67. The normalized spacial score (nSPS) is 11.8. The molecule has 0 fully saturated rings. The number of hydrogen-bond donors (Lipinski definition) is 0. The number of rotatable bonds is 6. The number of benzene rings is 2. The van der Waals surface area contributed by atoms with Crippen molar-refractivity contribution >= 4 is 21.9 Å². The molecule has 0 amide bonds. The lowest BCUT2D eigenvalue weighted by Crippen LogP contribution is -2.26. The van der Waals surface area contributed by atoms with Crippen molar-refractivity contribution in [1.29, 1.82) is 0 Å². The van der Waals surface area contributed by atoms with Gasteiger partial charge in [0.25, 0.3) is 5.89 Å². The fourth-order valence-electron chi connectivity index (χ4n) is 2.02. The molecule has 7 heteroatoms. The van der Waals surface area contributed by atoms with Gasteiger partial charge in [0, 0.05) is 10.0 Å². The summed E-state index contributed by atoms with van der Waals surface area (Å²) in [7, 11) is 0. The molecule has 3 aromatic rings. The molecule has 128 valence electrons. The average molecular weight is 403 g/mol. The van der Waals surface area contributed by atoms with E-state index in [-0.39, 0.29) is 12.5 Å². The highest BCUT2D eigenvalue weighted by Gasteiger charge is 2.18. The van der Waals surface area contributed by atoms with Crippen molar-refractivity contribution in [2.75, 3.05) is 0 Å². The molecule has 1 atom stereocenters. The summed E-state index contributed by atoms with van der Waals surface area (Å²) >= 11 is 3.34. The predicted octanol–water partition coefficient (Wildman–Crippen LogP) is 4.01. The second-order valence-electron chi connectivity index (χ2n) is 5.19. The zero-order chi connectivity index (χ0) is 17.6. The van der Waals surface area contributed by atoms with Gasteiger partial charge in [0.2, 0.25) is 5.89 Å². The van der Waals surface area contributed by atoms with E-state index in [2.05, 4.69) is 26.1 Å². The van der Waals surface area contributed by atoms with Gasteiger partial charge < -0.3 is 13.9 Å². The van der Waals surface area contributed by atoms with Gasteiger partial charge in [-0.25, -0.2) is 4.79 Å². The molecule has 6 nitrogen and oxygen atoms in total. The van der Waals surface area contributed by atoms with E-state index in [1.54, 1.807) is 19.1 Å². The summed E-state index contributed by atoms with van der Waals surface area (Å²) in [6, 6.07) is 16.6. The number of carbonyl (C=O) groups excluding carboxylic acids is 1. The van der Waals surface area contributed by atoms with Crippen molar-refractivity contribution < 1.29 is 18.7 Å². The van der Waals surface area contributed by atoms with Crippen LogP contribution in [0.1, 0.15) is 12.8 Å². The van der Waals surface area contributed by atoms with Crippen molar-refractivity contribution in [2.24, 2.45) is 0 Å². The van der Waals surface area contributed by atoms with Crippen molar-refractivity contribution in [3.05, 3.63) is 65.0 Å². The van der Waals surface area contributed by atoms with E-state index in [4.69, 9.17) is 13.9 Å². The lowest BCUT2D eigenvalue weighted by Gasteiger charge is -2.13. The fourth-order valence-corrected chi connectivity index (χ4v) is 2.29. The minimum absolute atomic E-state index is 0.104. The quantitative estimate of drug-likeness (QED) is 0.579. The largest absolute Gasteiger partial charge is 0.479 e. The Morgan fingerprint density at radius 1 is 1.12 bits per heavy atom. The lowest BCUT2D eigenvalue weighted by atomic mass is 10.2. The Balaban J connectivity index is 1.53. The first-order valence-corrected chi connectivity index (χ1v) is 8.38. The molecule has 25 heavy (non-hydrogen) atoms. The Morgan fingerprint density at radius 3 is 2.56 bits per heavy atom. The minimum Gasteiger partial charge on any atom is -0.479 e. The van der Waals surface area contributed by atoms with E-state index >= 15 is 0 Å². The van der Waals surface area contributed by atoms with E-state index in [1.165, 1.54) is 0 Å². The molecule has 0 aliphatic heterocycles. The Kier molecular flexibility index (Phi) is 5.45. The summed E-state index contributed by atoms with van der Waals surface area (Å²) < 4.78 is 17.1. The first kappa shape index (κ1) is 17.2. The first-order valence-electron chi connectivity index (χ1n) is 7.58. The third-order valence-electron chi connectivity index (χ3n) is 3.28. The molecule has 1 heterocycles. The maximum Gasteiger partial charge on any atom is 0.347 e. The molecule has 0 aliphatic carbocycles. The van der Waals surface area contributed by atoms with Crippen molar-refractivity contribution in [3.8, 4) is 17.2 Å². The van der Waals surface area contributed by atoms with Crippen LogP contribution >= 0.6 is 15.9 Å². The fraction of sp³-hybridized carbons (Fsp3) is 0.167. The highest BCUT2D eigenvalue weighted by atomic mass is 79.9. The summed E-state index contributed by atoms with van der Waals surface area (Å²) in [4.78, 5) is 12.0. The maximum absolute atomic E-state index is 12.0. The Bertz CT molecular complexity index is 834. The number of halogens is 1. The van der Waals surface area contributed by atoms with Crippen LogP contribution in [0.25, 0.3) is 11.5 Å². The number of hydrogen-bond acceptors (Lipinski definition) is 6. The topological polar surface area (TPSA) is 74.5 Å². The van der Waals surface area contributed by atoms with Gasteiger partial charge in [-0.2, -0.15) is 0 Å². The summed E-state index contributed by atoms with van der Waals surface area (Å²) in [6.45, 7) is 1.51. The molecular weight excluding hydrogens is 388 g/mol. The molecule has 2 aromatic carbocycles. The van der Waals surface area contributed by atoms with Crippen molar-refractivity contribution in [3.63, 3.8) is 0 Å². The number of nitrogens with zero attached hydrogens (tertiary/aromatic N) is 2. The van der Waals surface area contributed by atoms with Gasteiger partial charge >= 0.3 is 5.97 Å². The van der Waals surface area contributed by atoms with Crippen LogP contribution in [0.2, 0.25) is 0 Å². The lowest BCUT2D eigenvalue weighted by molar-refractivity contribution is -0.153. The van der Waals surface area contributed by atoms with Gasteiger partial charge in [-0.1, -0.05) is 34.1 Å². The van der Waals surface area contributed by atoms with Crippen LogP contribution < -0.4 is 4.74 Å². The summed E-state index contributed by atoms with van der Waals surface area (Å²) in [6.07, 6.45) is -0.752. The summed E-state index contributed by atoms with van der Waals surface area (Å²) in [5.74, 6) is 0.674. The maximum atomic E-state index is 12.0. The first-order chi connectivity index (χ1) is 12.1. The molecule has 0 N–H and O–H groups in total. The molecule has 0 bridgehead atoms. The Hall–Kier alpha value is -2.67. The number of esters is 1. The van der Waals surface area contributed by atoms with Crippen LogP contribution in [-0.4, -0.2) is 22.3 Å². The standard InChI is InChI=1S/C18H15BrN2O4/c1-12(24-15-9-7-14(19)8-10-15)18(22)23-11-16-20-21-17(25-16)13-5-3-2-4-6-13/h2-10,12H,11H2,1H3. The van der Waals surface area contributed by atoms with E-state index in [0.29, 0.717) is 11.6 Å². The zero-order valence-corrected chi connectivity index (χ0v) is 15.0. The van der Waals surface area contributed by atoms with Crippen LogP contribution in [0.4, 0.5) is 0 Å². The second-order valence-corrected chi connectivity index (χ2v) is 6.10. The summed E-state index contributed by atoms with van der Waals surface area (Å²) in [5, 5.41) is 7.82. The van der Waals surface area contributed by atoms with Crippen LogP contribution in [0.3, 0.4) is 0 Å². The van der Waals surface area contributed by atoms with E-state index in [1.807, 2.05) is 42.5 Å². The molecule has 0 radical (unpaired) electrons. The monoisotopic (exact) mass is 402 g/mol. The highest BCUT2D eigenvalue weighted by molar-refractivity contribution is 9.10. The molecule has 1 aromatic heterocycles. The van der Waals surface area contributed by atoms with Crippen LogP contribution in [0.15, 0.2) is 63.5 Å². The smallest absolute Gasteiger partial charge is 0.347 e. The molecule has 0 saturated heterocycles. The van der Waals surface area contributed by atoms with Gasteiger partial charge in [-0.3, -0.25) is 0 Å². The van der Waals surface area contributed by atoms with Crippen LogP contribution in [0, 0.1) is 0 Å². The highest BCUT2D eigenvalue weighted by Crippen LogP contribution is 2.19.